The van der Waals surface area contributed by atoms with Crippen LogP contribution in [0, 0.1) is 0 Å². The summed E-state index contributed by atoms with van der Waals surface area (Å²) >= 11 is 0. The van der Waals surface area contributed by atoms with Gasteiger partial charge in [-0.3, -0.25) is 0 Å². The molecule has 0 spiro atoms. The highest BCUT2D eigenvalue weighted by molar-refractivity contribution is 5.74. The van der Waals surface area contributed by atoms with Gasteiger partial charge in [-0.15, -0.1) is 0 Å². The molecule has 64 valence electrons. The molecule has 1 fully saturated rings. The van der Waals surface area contributed by atoms with Gasteiger partial charge in [0.2, 0.25) is 0 Å². The maximum atomic E-state index is 10.9. The molecule has 1 unspecified atom stereocenters. The Kier molecular flexibility index (Phi) is 2.18. The molecule has 1 rings (SSSR count). The van der Waals surface area contributed by atoms with Crippen molar-refractivity contribution in [2.24, 2.45) is 0 Å². The van der Waals surface area contributed by atoms with Crippen molar-refractivity contribution in [1.29, 1.82) is 0 Å². The Morgan fingerprint density at radius 1 is 1.64 bits per heavy atom. The molecule has 0 aliphatic heterocycles. The molecule has 1 aliphatic carbocycles. The van der Waals surface area contributed by atoms with Gasteiger partial charge in [-0.1, -0.05) is 0 Å². The second-order valence-corrected chi connectivity index (χ2v) is 3.40. The first-order valence-electron chi connectivity index (χ1n) is 3.94. The lowest BCUT2D eigenvalue weighted by Crippen LogP contribution is -2.41. The van der Waals surface area contributed by atoms with Crippen molar-refractivity contribution < 1.29 is 14.6 Å². The quantitative estimate of drug-likeness (QED) is 0.606. The standard InChI is InChI=1S/C8H14O3/c1-6(9)7(10)11-8(2)4-3-5-8/h6,9H,3-5H2,1-2H3. The molecule has 0 saturated heterocycles. The Bertz CT molecular complexity index is 159. The van der Waals surface area contributed by atoms with Crippen LogP contribution < -0.4 is 0 Å². The molecule has 0 aromatic carbocycles. The van der Waals surface area contributed by atoms with Crippen LogP contribution in [0.25, 0.3) is 0 Å². The number of ether oxygens (including phenoxy) is 1. The predicted molar refractivity (Wildman–Crippen MR) is 40.0 cm³/mol. The summed E-state index contributed by atoms with van der Waals surface area (Å²) < 4.78 is 5.05. The SMILES string of the molecule is CC(O)C(=O)OC1(C)CCC1. The van der Waals surface area contributed by atoms with Gasteiger partial charge >= 0.3 is 5.97 Å². The second-order valence-electron chi connectivity index (χ2n) is 3.40. The minimum atomic E-state index is -0.993. The largest absolute Gasteiger partial charge is 0.457 e. The summed E-state index contributed by atoms with van der Waals surface area (Å²) in [4.78, 5) is 10.9. The van der Waals surface area contributed by atoms with E-state index in [0.29, 0.717) is 0 Å². The van der Waals surface area contributed by atoms with E-state index in [2.05, 4.69) is 0 Å². The fraction of sp³-hybridized carbons (Fsp3) is 0.875. The Balaban J connectivity index is 2.35. The lowest BCUT2D eigenvalue weighted by atomic mass is 9.82. The fourth-order valence-electron chi connectivity index (χ4n) is 1.10. The molecule has 1 aliphatic rings. The number of aliphatic hydroxyl groups excluding tert-OH is 1. The van der Waals surface area contributed by atoms with Gasteiger partial charge in [-0.2, -0.15) is 0 Å². The number of hydrogen-bond donors (Lipinski definition) is 1. The molecule has 1 atom stereocenters. The van der Waals surface area contributed by atoms with E-state index >= 15 is 0 Å². The van der Waals surface area contributed by atoms with Crippen LogP contribution in [-0.4, -0.2) is 22.8 Å². The third-order valence-electron chi connectivity index (χ3n) is 2.10. The highest BCUT2D eigenvalue weighted by Gasteiger charge is 2.36. The monoisotopic (exact) mass is 158 g/mol. The molecule has 3 nitrogen and oxygen atoms in total. The van der Waals surface area contributed by atoms with Crippen molar-refractivity contribution in [3.63, 3.8) is 0 Å². The lowest BCUT2D eigenvalue weighted by Gasteiger charge is -2.37. The van der Waals surface area contributed by atoms with E-state index in [1.54, 1.807) is 0 Å². The molecule has 0 aromatic rings. The highest BCUT2D eigenvalue weighted by atomic mass is 16.6. The Hall–Kier alpha value is -0.570. The summed E-state index contributed by atoms with van der Waals surface area (Å²) in [5.74, 6) is -0.507. The number of carbonyl (C=O) groups excluding carboxylic acids is 1. The number of hydrogen-bond acceptors (Lipinski definition) is 3. The van der Waals surface area contributed by atoms with E-state index < -0.39 is 12.1 Å². The van der Waals surface area contributed by atoms with Crippen LogP contribution in [0.3, 0.4) is 0 Å². The first-order valence-corrected chi connectivity index (χ1v) is 3.94. The minimum absolute atomic E-state index is 0.284. The average Bonchev–Trinajstić information content (AvgIpc) is 1.84. The zero-order valence-electron chi connectivity index (χ0n) is 6.96. The van der Waals surface area contributed by atoms with E-state index in [1.165, 1.54) is 6.92 Å². The van der Waals surface area contributed by atoms with E-state index in [9.17, 15) is 4.79 Å². The first kappa shape index (κ1) is 8.53. The summed E-state index contributed by atoms with van der Waals surface area (Å²) in [6.45, 7) is 3.32. The van der Waals surface area contributed by atoms with Crippen molar-refractivity contribution in [3.8, 4) is 0 Å². The van der Waals surface area contributed by atoms with Gasteiger partial charge in [0, 0.05) is 0 Å². The number of carbonyl (C=O) groups is 1. The molecule has 3 heteroatoms. The van der Waals surface area contributed by atoms with Gasteiger partial charge < -0.3 is 9.84 Å². The zero-order valence-corrected chi connectivity index (χ0v) is 6.96. The van der Waals surface area contributed by atoms with Crippen LogP contribution in [0.1, 0.15) is 33.1 Å². The van der Waals surface area contributed by atoms with E-state index in [0.717, 1.165) is 19.3 Å². The molecule has 1 saturated carbocycles. The molecule has 0 amide bonds. The lowest BCUT2D eigenvalue weighted by molar-refractivity contribution is -0.175. The zero-order chi connectivity index (χ0) is 8.48. The van der Waals surface area contributed by atoms with Gasteiger partial charge in [0.05, 0.1) is 0 Å². The van der Waals surface area contributed by atoms with Gasteiger partial charge in [0.1, 0.15) is 11.7 Å². The molecular weight excluding hydrogens is 144 g/mol. The smallest absolute Gasteiger partial charge is 0.335 e. The van der Waals surface area contributed by atoms with Crippen molar-refractivity contribution in [1.82, 2.24) is 0 Å². The Morgan fingerprint density at radius 3 is 2.45 bits per heavy atom. The Morgan fingerprint density at radius 2 is 2.18 bits per heavy atom. The third kappa shape index (κ3) is 1.93. The molecule has 0 aromatic heterocycles. The topological polar surface area (TPSA) is 46.5 Å². The molecule has 1 N–H and O–H groups in total. The maximum absolute atomic E-state index is 10.9. The Labute approximate surface area is 66.4 Å². The molecular formula is C8H14O3. The summed E-state index contributed by atoms with van der Waals surface area (Å²) in [6, 6.07) is 0. The van der Waals surface area contributed by atoms with Crippen LogP contribution in [0.5, 0.6) is 0 Å². The summed E-state index contributed by atoms with van der Waals surface area (Å²) in [5.41, 5.74) is -0.284. The van der Waals surface area contributed by atoms with E-state index in [4.69, 9.17) is 9.84 Å². The van der Waals surface area contributed by atoms with E-state index in [1.807, 2.05) is 6.92 Å². The number of esters is 1. The van der Waals surface area contributed by atoms with Gasteiger partial charge in [0.25, 0.3) is 0 Å². The van der Waals surface area contributed by atoms with Crippen LogP contribution in [0.2, 0.25) is 0 Å². The highest BCUT2D eigenvalue weighted by Crippen LogP contribution is 2.35. The minimum Gasteiger partial charge on any atom is -0.457 e. The number of rotatable bonds is 2. The average molecular weight is 158 g/mol. The summed E-state index contributed by atoms with van der Waals surface area (Å²) in [5, 5.41) is 8.83. The maximum Gasteiger partial charge on any atom is 0.335 e. The van der Waals surface area contributed by atoms with Crippen molar-refractivity contribution in [2.45, 2.75) is 44.8 Å². The molecule has 11 heavy (non-hydrogen) atoms. The fourth-order valence-corrected chi connectivity index (χ4v) is 1.10. The van der Waals surface area contributed by atoms with Gasteiger partial charge in [-0.05, 0) is 33.1 Å². The van der Waals surface area contributed by atoms with Gasteiger partial charge in [-0.25, -0.2) is 4.79 Å². The summed E-state index contributed by atoms with van der Waals surface area (Å²) in [7, 11) is 0. The van der Waals surface area contributed by atoms with Crippen molar-refractivity contribution in [3.05, 3.63) is 0 Å². The van der Waals surface area contributed by atoms with Crippen LogP contribution >= 0.6 is 0 Å². The van der Waals surface area contributed by atoms with Crippen molar-refractivity contribution in [2.75, 3.05) is 0 Å². The normalized spacial score (nSPS) is 23.5. The van der Waals surface area contributed by atoms with Crippen LogP contribution in [-0.2, 0) is 9.53 Å². The molecule has 0 heterocycles. The number of aliphatic hydroxyl groups is 1. The third-order valence-corrected chi connectivity index (χ3v) is 2.10. The molecule has 0 radical (unpaired) electrons. The predicted octanol–water partition coefficient (Wildman–Crippen LogP) is 0.853. The van der Waals surface area contributed by atoms with Crippen LogP contribution in [0.4, 0.5) is 0 Å². The second kappa shape index (κ2) is 2.81. The van der Waals surface area contributed by atoms with Crippen molar-refractivity contribution >= 4 is 5.97 Å². The summed E-state index contributed by atoms with van der Waals surface area (Å²) in [6.07, 6.45) is 1.97. The first-order chi connectivity index (χ1) is 5.03. The van der Waals surface area contributed by atoms with Crippen LogP contribution in [0.15, 0.2) is 0 Å². The van der Waals surface area contributed by atoms with E-state index in [-0.39, 0.29) is 5.60 Å². The molecule has 0 bridgehead atoms. The van der Waals surface area contributed by atoms with Gasteiger partial charge in [0.15, 0.2) is 0 Å².